The first-order valence-electron chi connectivity index (χ1n) is 10.5. The first-order chi connectivity index (χ1) is 16.9. The van der Waals surface area contributed by atoms with Crippen LogP contribution in [0, 0.1) is 6.92 Å². The molecule has 36 heavy (non-hydrogen) atoms. The maximum Gasteiger partial charge on any atom is 0.417 e. The summed E-state index contributed by atoms with van der Waals surface area (Å²) >= 11 is 0. The topological polar surface area (TPSA) is 128 Å². The van der Waals surface area contributed by atoms with E-state index in [-0.39, 0.29) is 32.7 Å². The molecule has 0 fully saturated rings. The molecule has 0 aliphatic rings. The highest BCUT2D eigenvalue weighted by Crippen LogP contribution is 2.39. The molecule has 0 bridgehead atoms. The maximum absolute atomic E-state index is 14.0. The first kappa shape index (κ1) is 23.4. The third-order valence-corrected chi connectivity index (χ3v) is 7.27. The number of nitrogens with one attached hydrogen (secondary N) is 4. The Hall–Kier alpha value is -4.32. The molecule has 5 rings (SSSR count). The van der Waals surface area contributed by atoms with Crippen molar-refractivity contribution in [3.8, 4) is 11.1 Å². The minimum absolute atomic E-state index is 0.0524. The number of halogens is 3. The quantitative estimate of drug-likeness (QED) is 0.264. The lowest BCUT2D eigenvalue weighted by atomic mass is 9.98. The van der Waals surface area contributed by atoms with Gasteiger partial charge in [-0.15, -0.1) is 0 Å². The molecule has 0 radical (unpaired) electrons. The molecule has 0 amide bonds. The summed E-state index contributed by atoms with van der Waals surface area (Å²) < 4.78 is 70.3. The SMILES string of the molecule is Cc1cc2[nH]c(=O)c(=O)[nH]c2cc1S(=O)(=O)Nc1ccc(-c2ccc3cc[nH]c3c2)c(C(F)(F)F)c1. The second-order valence-electron chi connectivity index (χ2n) is 8.21. The number of hydrogen-bond donors (Lipinski definition) is 4. The summed E-state index contributed by atoms with van der Waals surface area (Å²) in [6, 6.07) is 12.3. The second kappa shape index (κ2) is 8.12. The Balaban J connectivity index is 1.57. The van der Waals surface area contributed by atoms with Crippen molar-refractivity contribution in [2.24, 2.45) is 0 Å². The Morgan fingerprint density at radius 2 is 1.53 bits per heavy atom. The van der Waals surface area contributed by atoms with Crippen molar-refractivity contribution in [3.63, 3.8) is 0 Å². The fraction of sp³-hybridized carbons (Fsp3) is 0.0833. The number of anilines is 1. The van der Waals surface area contributed by atoms with Crippen LogP contribution in [0.1, 0.15) is 11.1 Å². The lowest BCUT2D eigenvalue weighted by Gasteiger charge is -2.17. The van der Waals surface area contributed by atoms with E-state index >= 15 is 0 Å². The molecule has 4 N–H and O–H groups in total. The van der Waals surface area contributed by atoms with Gasteiger partial charge < -0.3 is 15.0 Å². The number of benzene rings is 3. The van der Waals surface area contributed by atoms with Crippen molar-refractivity contribution in [2.75, 3.05) is 4.72 Å². The molecule has 3 aromatic carbocycles. The van der Waals surface area contributed by atoms with Gasteiger partial charge in [0.25, 0.3) is 10.0 Å². The number of aromatic nitrogens is 3. The van der Waals surface area contributed by atoms with Gasteiger partial charge in [-0.05, 0) is 65.4 Å². The van der Waals surface area contributed by atoms with E-state index in [2.05, 4.69) is 19.7 Å². The minimum atomic E-state index is -4.76. The lowest BCUT2D eigenvalue weighted by Crippen LogP contribution is -2.29. The summed E-state index contributed by atoms with van der Waals surface area (Å²) in [6.45, 7) is 1.46. The van der Waals surface area contributed by atoms with Gasteiger partial charge >= 0.3 is 17.3 Å². The number of H-pyrrole nitrogens is 3. The van der Waals surface area contributed by atoms with Crippen molar-refractivity contribution in [1.82, 2.24) is 15.0 Å². The monoisotopic (exact) mass is 514 g/mol. The summed E-state index contributed by atoms with van der Waals surface area (Å²) in [5, 5.41) is 0.841. The molecule has 8 nitrogen and oxygen atoms in total. The average Bonchev–Trinajstić information content (AvgIpc) is 3.27. The highest BCUT2D eigenvalue weighted by atomic mass is 32.2. The van der Waals surface area contributed by atoms with Crippen molar-refractivity contribution in [3.05, 3.63) is 92.6 Å². The molecule has 0 aliphatic heterocycles. The van der Waals surface area contributed by atoms with Crippen LogP contribution in [-0.2, 0) is 16.2 Å². The zero-order valence-electron chi connectivity index (χ0n) is 18.4. The smallest absolute Gasteiger partial charge is 0.361 e. The maximum atomic E-state index is 14.0. The zero-order valence-corrected chi connectivity index (χ0v) is 19.3. The van der Waals surface area contributed by atoms with E-state index in [4.69, 9.17) is 0 Å². The van der Waals surface area contributed by atoms with E-state index in [1.165, 1.54) is 25.1 Å². The Bertz CT molecular complexity index is 1890. The number of sulfonamides is 1. The normalized spacial score (nSPS) is 12.3. The van der Waals surface area contributed by atoms with Crippen LogP contribution in [0.5, 0.6) is 0 Å². The number of fused-ring (bicyclic) bond motifs is 2. The molecular formula is C24H17F3N4O4S. The molecule has 184 valence electrons. The Kier molecular flexibility index (Phi) is 5.29. The summed E-state index contributed by atoms with van der Waals surface area (Å²) in [6.07, 6.45) is -3.08. The summed E-state index contributed by atoms with van der Waals surface area (Å²) in [5.74, 6) is 0. The molecule has 2 aromatic heterocycles. The number of hydrogen-bond acceptors (Lipinski definition) is 4. The van der Waals surface area contributed by atoms with Gasteiger partial charge in [-0.2, -0.15) is 13.2 Å². The van der Waals surface area contributed by atoms with Crippen LogP contribution in [0.15, 0.2) is 75.3 Å². The largest absolute Gasteiger partial charge is 0.417 e. The second-order valence-corrected chi connectivity index (χ2v) is 9.87. The molecule has 0 spiro atoms. The van der Waals surface area contributed by atoms with E-state index in [0.29, 0.717) is 11.1 Å². The highest BCUT2D eigenvalue weighted by molar-refractivity contribution is 7.92. The van der Waals surface area contributed by atoms with E-state index in [1.807, 2.05) is 0 Å². The Labute approximate surface area is 200 Å². The number of alkyl halides is 3. The minimum Gasteiger partial charge on any atom is -0.361 e. The molecule has 12 heteroatoms. The fourth-order valence-electron chi connectivity index (χ4n) is 4.06. The number of aryl methyl sites for hydroxylation is 1. The lowest BCUT2D eigenvalue weighted by molar-refractivity contribution is -0.137. The predicted octanol–water partition coefficient (Wildman–Crippen LogP) is 4.49. The van der Waals surface area contributed by atoms with Crippen LogP contribution in [0.3, 0.4) is 0 Å². The van der Waals surface area contributed by atoms with Crippen LogP contribution < -0.4 is 15.8 Å². The number of rotatable bonds is 4. The van der Waals surface area contributed by atoms with E-state index in [9.17, 15) is 31.2 Å². The van der Waals surface area contributed by atoms with Gasteiger partial charge in [0.15, 0.2) is 0 Å². The van der Waals surface area contributed by atoms with Gasteiger partial charge in [-0.25, -0.2) is 8.42 Å². The van der Waals surface area contributed by atoms with Crippen molar-refractivity contribution < 1.29 is 21.6 Å². The first-order valence-corrected chi connectivity index (χ1v) is 12.0. The molecule has 5 aromatic rings. The van der Waals surface area contributed by atoms with Crippen LogP contribution >= 0.6 is 0 Å². The van der Waals surface area contributed by atoms with Gasteiger partial charge in [0.2, 0.25) is 0 Å². The predicted molar refractivity (Wildman–Crippen MR) is 129 cm³/mol. The van der Waals surface area contributed by atoms with Crippen LogP contribution in [0.2, 0.25) is 0 Å². The molecule has 0 atom stereocenters. The summed E-state index contributed by atoms with van der Waals surface area (Å²) in [4.78, 5) is 30.5. The summed E-state index contributed by atoms with van der Waals surface area (Å²) in [5.41, 5.74) is -1.82. The van der Waals surface area contributed by atoms with Gasteiger partial charge in [-0.1, -0.05) is 18.2 Å². The van der Waals surface area contributed by atoms with Crippen molar-refractivity contribution in [1.29, 1.82) is 0 Å². The summed E-state index contributed by atoms with van der Waals surface area (Å²) in [7, 11) is -4.36. The fourth-order valence-corrected chi connectivity index (χ4v) is 5.37. The average molecular weight is 514 g/mol. The molecular weight excluding hydrogens is 497 g/mol. The zero-order chi connectivity index (χ0) is 25.8. The van der Waals surface area contributed by atoms with E-state index in [0.717, 1.165) is 17.5 Å². The molecule has 0 unspecified atom stereocenters. The van der Waals surface area contributed by atoms with E-state index < -0.39 is 32.9 Å². The van der Waals surface area contributed by atoms with Gasteiger partial charge in [0.1, 0.15) is 0 Å². The Morgan fingerprint density at radius 3 is 2.22 bits per heavy atom. The standard InChI is InChI=1S/C24H17F3N4O4S/c1-12-8-19-20(30-23(33)22(32)29-19)11-21(12)36(34,35)31-15-4-5-16(17(10-15)24(25,26)27)14-3-2-13-6-7-28-18(13)9-14/h2-11,28,31H,1H3,(H,29,32)(H,30,33). The van der Waals surface area contributed by atoms with Gasteiger partial charge in [0, 0.05) is 17.4 Å². The third-order valence-electron chi connectivity index (χ3n) is 5.75. The van der Waals surface area contributed by atoms with Gasteiger partial charge in [-0.3, -0.25) is 14.3 Å². The van der Waals surface area contributed by atoms with Crippen LogP contribution in [0.4, 0.5) is 18.9 Å². The van der Waals surface area contributed by atoms with Crippen molar-refractivity contribution in [2.45, 2.75) is 18.0 Å². The highest BCUT2D eigenvalue weighted by Gasteiger charge is 2.34. The van der Waals surface area contributed by atoms with E-state index in [1.54, 1.807) is 30.5 Å². The third kappa shape index (κ3) is 4.15. The van der Waals surface area contributed by atoms with Crippen LogP contribution in [-0.4, -0.2) is 23.4 Å². The molecule has 2 heterocycles. The molecule has 0 saturated heterocycles. The molecule has 0 aliphatic carbocycles. The molecule has 0 saturated carbocycles. The van der Waals surface area contributed by atoms with Gasteiger partial charge in [0.05, 0.1) is 21.5 Å². The number of aromatic amines is 3. The Morgan fingerprint density at radius 1 is 0.833 bits per heavy atom. The van der Waals surface area contributed by atoms with Crippen LogP contribution in [0.25, 0.3) is 33.1 Å². The van der Waals surface area contributed by atoms with Crippen molar-refractivity contribution >= 4 is 37.6 Å².